The van der Waals surface area contributed by atoms with Gasteiger partial charge in [0.2, 0.25) is 0 Å². The molecular weight excluding hydrogens is 287 g/mol. The van der Waals surface area contributed by atoms with Crippen molar-refractivity contribution >= 4 is 33.2 Å². The molecule has 0 N–H and O–H groups in total. The van der Waals surface area contributed by atoms with E-state index in [0.29, 0.717) is 5.15 Å². The second kappa shape index (κ2) is 4.75. The van der Waals surface area contributed by atoms with Crippen molar-refractivity contribution < 1.29 is 9.13 Å². The second-order valence-corrected chi connectivity index (χ2v) is 5.25. The van der Waals surface area contributed by atoms with Crippen molar-refractivity contribution in [2.45, 2.75) is 0 Å². The summed E-state index contributed by atoms with van der Waals surface area (Å²) in [5.74, 6) is -0.169. The first-order valence-electron chi connectivity index (χ1n) is 5.43. The predicted octanol–water partition coefficient (Wildman–Crippen LogP) is 4.16. The number of halogens is 2. The van der Waals surface area contributed by atoms with Crippen molar-refractivity contribution in [3.8, 4) is 16.2 Å². The number of thiophene rings is 1. The molecule has 0 saturated heterocycles. The lowest BCUT2D eigenvalue weighted by atomic mass is 10.2. The minimum absolute atomic E-state index is 0.225. The van der Waals surface area contributed by atoms with Crippen LogP contribution in [-0.4, -0.2) is 17.1 Å². The van der Waals surface area contributed by atoms with E-state index in [2.05, 4.69) is 9.97 Å². The first-order valence-corrected chi connectivity index (χ1v) is 6.62. The molecule has 3 nitrogen and oxygen atoms in total. The molecule has 2 heterocycles. The van der Waals surface area contributed by atoms with Crippen LogP contribution in [0.2, 0.25) is 5.15 Å². The summed E-state index contributed by atoms with van der Waals surface area (Å²) >= 11 is 7.44. The standard InChI is InChI=1S/C13H8ClFN2OS/c1-18-10-3-2-7(4-8(10)15)11-5-9-12(19-11)13(14)17-6-16-9/h2-6H,1H3. The Labute approximate surface area is 117 Å². The van der Waals surface area contributed by atoms with Crippen LogP contribution in [0, 0.1) is 5.82 Å². The summed E-state index contributed by atoms with van der Waals surface area (Å²) in [6.45, 7) is 0. The fourth-order valence-corrected chi connectivity index (χ4v) is 3.03. The van der Waals surface area contributed by atoms with Crippen LogP contribution in [0.3, 0.4) is 0 Å². The molecule has 19 heavy (non-hydrogen) atoms. The van der Waals surface area contributed by atoms with Crippen LogP contribution in [0.5, 0.6) is 5.75 Å². The van der Waals surface area contributed by atoms with Gasteiger partial charge in [-0.05, 0) is 29.8 Å². The first kappa shape index (κ1) is 12.3. The van der Waals surface area contributed by atoms with E-state index in [4.69, 9.17) is 16.3 Å². The van der Waals surface area contributed by atoms with Gasteiger partial charge in [-0.3, -0.25) is 0 Å². The van der Waals surface area contributed by atoms with Crippen molar-refractivity contribution in [3.63, 3.8) is 0 Å². The molecule has 0 amide bonds. The molecule has 0 aliphatic rings. The molecule has 2 aromatic heterocycles. The first-order chi connectivity index (χ1) is 9.19. The molecule has 0 saturated carbocycles. The number of hydrogen-bond donors (Lipinski definition) is 0. The molecule has 0 aliphatic carbocycles. The number of aromatic nitrogens is 2. The van der Waals surface area contributed by atoms with E-state index in [-0.39, 0.29) is 5.75 Å². The van der Waals surface area contributed by atoms with E-state index in [1.165, 1.54) is 30.8 Å². The van der Waals surface area contributed by atoms with Gasteiger partial charge < -0.3 is 4.74 Å². The Bertz CT molecular complexity index is 759. The number of ether oxygens (including phenoxy) is 1. The van der Waals surface area contributed by atoms with Crippen molar-refractivity contribution in [2.24, 2.45) is 0 Å². The summed E-state index contributed by atoms with van der Waals surface area (Å²) in [6, 6.07) is 6.70. The van der Waals surface area contributed by atoms with Gasteiger partial charge in [-0.25, -0.2) is 14.4 Å². The largest absolute Gasteiger partial charge is 0.494 e. The maximum atomic E-state index is 13.7. The molecule has 0 fully saturated rings. The van der Waals surface area contributed by atoms with Gasteiger partial charge in [-0.2, -0.15) is 0 Å². The third kappa shape index (κ3) is 2.15. The lowest BCUT2D eigenvalue weighted by molar-refractivity contribution is 0.386. The Balaban J connectivity index is 2.14. The molecule has 3 aromatic rings. The molecule has 0 unspecified atom stereocenters. The Morgan fingerprint density at radius 1 is 1.26 bits per heavy atom. The third-order valence-corrected chi connectivity index (χ3v) is 4.28. The summed E-state index contributed by atoms with van der Waals surface area (Å²) in [4.78, 5) is 8.96. The quantitative estimate of drug-likeness (QED) is 0.666. The van der Waals surface area contributed by atoms with E-state index in [1.807, 2.05) is 6.07 Å². The van der Waals surface area contributed by atoms with Gasteiger partial charge in [0.05, 0.1) is 17.3 Å². The molecule has 96 valence electrons. The van der Waals surface area contributed by atoms with Gasteiger partial charge in [0, 0.05) is 4.88 Å². The fraction of sp³-hybridized carbons (Fsp3) is 0.0769. The zero-order valence-electron chi connectivity index (χ0n) is 9.85. The Morgan fingerprint density at radius 3 is 2.79 bits per heavy atom. The number of methoxy groups -OCH3 is 1. The molecule has 3 rings (SSSR count). The maximum absolute atomic E-state index is 13.7. The smallest absolute Gasteiger partial charge is 0.165 e. The molecule has 0 radical (unpaired) electrons. The lowest BCUT2D eigenvalue weighted by Crippen LogP contribution is -1.87. The maximum Gasteiger partial charge on any atom is 0.165 e. The van der Waals surface area contributed by atoms with E-state index in [9.17, 15) is 4.39 Å². The van der Waals surface area contributed by atoms with E-state index >= 15 is 0 Å². The van der Waals surface area contributed by atoms with Gasteiger partial charge in [0.25, 0.3) is 0 Å². The Hall–Kier alpha value is -1.72. The van der Waals surface area contributed by atoms with Crippen LogP contribution in [0.4, 0.5) is 4.39 Å². The highest BCUT2D eigenvalue weighted by Crippen LogP contribution is 2.36. The Morgan fingerprint density at radius 2 is 2.11 bits per heavy atom. The zero-order valence-corrected chi connectivity index (χ0v) is 11.4. The summed E-state index contributed by atoms with van der Waals surface area (Å²) in [7, 11) is 1.44. The minimum Gasteiger partial charge on any atom is -0.494 e. The zero-order chi connectivity index (χ0) is 13.4. The highest BCUT2D eigenvalue weighted by molar-refractivity contribution is 7.22. The van der Waals surface area contributed by atoms with Gasteiger partial charge in [-0.1, -0.05) is 11.6 Å². The normalized spacial score (nSPS) is 10.9. The van der Waals surface area contributed by atoms with E-state index in [1.54, 1.807) is 12.1 Å². The highest BCUT2D eigenvalue weighted by Gasteiger charge is 2.11. The van der Waals surface area contributed by atoms with Crippen molar-refractivity contribution in [1.82, 2.24) is 9.97 Å². The molecule has 1 aromatic carbocycles. The topological polar surface area (TPSA) is 35.0 Å². The number of benzene rings is 1. The van der Waals surface area contributed by atoms with Gasteiger partial charge in [-0.15, -0.1) is 11.3 Å². The van der Waals surface area contributed by atoms with E-state index < -0.39 is 5.82 Å². The number of hydrogen-bond acceptors (Lipinski definition) is 4. The van der Waals surface area contributed by atoms with Crippen molar-refractivity contribution in [3.05, 3.63) is 41.6 Å². The monoisotopic (exact) mass is 294 g/mol. The molecule has 0 aliphatic heterocycles. The number of fused-ring (bicyclic) bond motifs is 1. The summed E-state index contributed by atoms with van der Waals surface area (Å²) in [5, 5.41) is 0.412. The third-order valence-electron chi connectivity index (χ3n) is 2.70. The van der Waals surface area contributed by atoms with E-state index in [0.717, 1.165) is 20.7 Å². The minimum atomic E-state index is -0.394. The SMILES string of the molecule is COc1ccc(-c2cc3ncnc(Cl)c3s2)cc1F. The van der Waals surface area contributed by atoms with Crippen LogP contribution in [0.25, 0.3) is 20.7 Å². The van der Waals surface area contributed by atoms with Crippen LogP contribution in [-0.2, 0) is 0 Å². The van der Waals surface area contributed by atoms with Crippen LogP contribution < -0.4 is 4.74 Å². The van der Waals surface area contributed by atoms with Crippen molar-refractivity contribution in [1.29, 1.82) is 0 Å². The average Bonchev–Trinajstić information content (AvgIpc) is 2.84. The van der Waals surface area contributed by atoms with Crippen LogP contribution in [0.15, 0.2) is 30.6 Å². The van der Waals surface area contributed by atoms with Crippen LogP contribution >= 0.6 is 22.9 Å². The average molecular weight is 295 g/mol. The molecule has 0 atom stereocenters. The highest BCUT2D eigenvalue weighted by atomic mass is 35.5. The van der Waals surface area contributed by atoms with Crippen LogP contribution in [0.1, 0.15) is 0 Å². The van der Waals surface area contributed by atoms with Gasteiger partial charge in [0.15, 0.2) is 11.6 Å². The lowest BCUT2D eigenvalue weighted by Gasteiger charge is -2.03. The van der Waals surface area contributed by atoms with Gasteiger partial charge in [0.1, 0.15) is 11.5 Å². The predicted molar refractivity (Wildman–Crippen MR) is 74.4 cm³/mol. The number of rotatable bonds is 2. The Kier molecular flexibility index (Phi) is 3.08. The molecule has 0 spiro atoms. The summed E-state index contributed by atoms with van der Waals surface area (Å²) < 4.78 is 19.4. The summed E-state index contributed by atoms with van der Waals surface area (Å²) in [6.07, 6.45) is 1.41. The molecule has 6 heteroatoms. The van der Waals surface area contributed by atoms with Crippen molar-refractivity contribution in [2.75, 3.05) is 7.11 Å². The second-order valence-electron chi connectivity index (χ2n) is 3.84. The fourth-order valence-electron chi connectivity index (χ4n) is 1.79. The van der Waals surface area contributed by atoms with Gasteiger partial charge >= 0.3 is 0 Å². The molecular formula is C13H8ClFN2OS. The molecule has 0 bridgehead atoms. The summed E-state index contributed by atoms with van der Waals surface area (Å²) in [5.41, 5.74) is 1.52. The number of nitrogens with zero attached hydrogens (tertiary/aromatic N) is 2.